The molecule has 0 bridgehead atoms. The van der Waals surface area contributed by atoms with Crippen molar-refractivity contribution in [2.24, 2.45) is 0 Å². The highest BCUT2D eigenvalue weighted by molar-refractivity contribution is 9.10. The number of rotatable bonds is 7. The van der Waals surface area contributed by atoms with E-state index < -0.39 is 0 Å². The zero-order valence-corrected chi connectivity index (χ0v) is 13.5. The second-order valence-corrected chi connectivity index (χ2v) is 5.63. The predicted molar refractivity (Wildman–Crippen MR) is 83.8 cm³/mol. The van der Waals surface area contributed by atoms with Crippen molar-refractivity contribution in [2.45, 2.75) is 20.0 Å². The van der Waals surface area contributed by atoms with E-state index in [4.69, 9.17) is 4.74 Å². The molecule has 0 aliphatic rings. The molecule has 0 spiro atoms. The standard InChI is InChI=1S/C15H20BrN3O/c1-12-14(9-17-6-7-20-2)10-18-19(12)11-13-4-3-5-15(16)8-13/h3-5,8,10,17H,6-7,9,11H2,1-2H3. The van der Waals surface area contributed by atoms with Crippen LogP contribution in [0.3, 0.4) is 0 Å². The third-order valence-electron chi connectivity index (χ3n) is 3.22. The first-order valence-electron chi connectivity index (χ1n) is 6.66. The summed E-state index contributed by atoms with van der Waals surface area (Å²) < 4.78 is 8.15. The molecule has 1 aromatic heterocycles. The van der Waals surface area contributed by atoms with E-state index in [-0.39, 0.29) is 0 Å². The zero-order chi connectivity index (χ0) is 14.4. The lowest BCUT2D eigenvalue weighted by molar-refractivity contribution is 0.199. The summed E-state index contributed by atoms with van der Waals surface area (Å²) >= 11 is 3.50. The molecular weight excluding hydrogens is 318 g/mol. The van der Waals surface area contributed by atoms with Gasteiger partial charge in [-0.2, -0.15) is 5.10 Å². The van der Waals surface area contributed by atoms with Crippen LogP contribution in [0.4, 0.5) is 0 Å². The molecule has 108 valence electrons. The second kappa shape index (κ2) is 7.57. The quantitative estimate of drug-likeness (QED) is 0.789. The van der Waals surface area contributed by atoms with Crippen LogP contribution in [-0.2, 0) is 17.8 Å². The fourth-order valence-corrected chi connectivity index (χ4v) is 2.47. The SMILES string of the molecule is COCCNCc1cnn(Cc2cccc(Br)c2)c1C. The number of halogens is 1. The number of nitrogens with one attached hydrogen (secondary N) is 1. The minimum Gasteiger partial charge on any atom is -0.383 e. The van der Waals surface area contributed by atoms with Crippen molar-refractivity contribution in [2.75, 3.05) is 20.3 Å². The van der Waals surface area contributed by atoms with Crippen LogP contribution in [0.5, 0.6) is 0 Å². The van der Waals surface area contributed by atoms with E-state index in [9.17, 15) is 0 Å². The number of benzene rings is 1. The number of methoxy groups -OCH3 is 1. The number of hydrogen-bond donors (Lipinski definition) is 1. The van der Waals surface area contributed by atoms with Gasteiger partial charge in [0.05, 0.1) is 19.3 Å². The average molecular weight is 338 g/mol. The first-order chi connectivity index (χ1) is 9.70. The lowest BCUT2D eigenvalue weighted by Crippen LogP contribution is -2.18. The van der Waals surface area contributed by atoms with Gasteiger partial charge in [-0.3, -0.25) is 4.68 Å². The van der Waals surface area contributed by atoms with Gasteiger partial charge < -0.3 is 10.1 Å². The molecule has 0 aliphatic heterocycles. The van der Waals surface area contributed by atoms with Crippen LogP contribution in [0, 0.1) is 6.92 Å². The summed E-state index contributed by atoms with van der Waals surface area (Å²) in [4.78, 5) is 0. The maximum absolute atomic E-state index is 5.02. The van der Waals surface area contributed by atoms with Gasteiger partial charge in [0, 0.05) is 35.9 Å². The molecule has 0 aliphatic carbocycles. The number of hydrogen-bond acceptors (Lipinski definition) is 3. The van der Waals surface area contributed by atoms with Crippen molar-refractivity contribution in [1.82, 2.24) is 15.1 Å². The Morgan fingerprint density at radius 3 is 3.00 bits per heavy atom. The maximum Gasteiger partial charge on any atom is 0.0662 e. The van der Waals surface area contributed by atoms with Crippen molar-refractivity contribution in [1.29, 1.82) is 0 Å². The highest BCUT2D eigenvalue weighted by Crippen LogP contribution is 2.14. The number of nitrogens with zero attached hydrogens (tertiary/aromatic N) is 2. The summed E-state index contributed by atoms with van der Waals surface area (Å²) in [6.07, 6.45) is 1.94. The first kappa shape index (κ1) is 15.2. The summed E-state index contributed by atoms with van der Waals surface area (Å²) in [5.74, 6) is 0. The molecule has 20 heavy (non-hydrogen) atoms. The second-order valence-electron chi connectivity index (χ2n) is 4.71. The monoisotopic (exact) mass is 337 g/mol. The highest BCUT2D eigenvalue weighted by Gasteiger charge is 2.06. The molecule has 1 aromatic carbocycles. The Bertz CT molecular complexity index is 554. The molecule has 0 fully saturated rings. The van der Waals surface area contributed by atoms with Gasteiger partial charge in [-0.1, -0.05) is 28.1 Å². The van der Waals surface area contributed by atoms with E-state index in [1.165, 1.54) is 16.8 Å². The molecular formula is C15H20BrN3O. The minimum atomic E-state index is 0.727. The maximum atomic E-state index is 5.02. The topological polar surface area (TPSA) is 39.1 Å². The van der Waals surface area contributed by atoms with Gasteiger partial charge >= 0.3 is 0 Å². The fraction of sp³-hybridized carbons (Fsp3) is 0.400. The lowest BCUT2D eigenvalue weighted by Gasteiger charge is -2.07. The molecule has 0 radical (unpaired) electrons. The molecule has 5 heteroatoms. The van der Waals surface area contributed by atoms with Gasteiger partial charge in [0.15, 0.2) is 0 Å². The van der Waals surface area contributed by atoms with E-state index >= 15 is 0 Å². The Labute approximate surface area is 128 Å². The molecule has 4 nitrogen and oxygen atoms in total. The van der Waals surface area contributed by atoms with Gasteiger partial charge in [0.1, 0.15) is 0 Å². The van der Waals surface area contributed by atoms with Crippen LogP contribution in [0.15, 0.2) is 34.9 Å². The van der Waals surface area contributed by atoms with Crippen molar-refractivity contribution in [3.05, 3.63) is 51.8 Å². The molecule has 0 amide bonds. The van der Waals surface area contributed by atoms with Crippen LogP contribution in [0.25, 0.3) is 0 Å². The summed E-state index contributed by atoms with van der Waals surface area (Å²) in [7, 11) is 1.71. The Kier molecular flexibility index (Phi) is 5.76. The summed E-state index contributed by atoms with van der Waals surface area (Å²) in [5.41, 5.74) is 3.68. The van der Waals surface area contributed by atoms with Gasteiger partial charge in [0.2, 0.25) is 0 Å². The average Bonchev–Trinajstić information content (AvgIpc) is 2.76. The van der Waals surface area contributed by atoms with Crippen molar-refractivity contribution < 1.29 is 4.74 Å². The molecule has 0 unspecified atom stereocenters. The molecule has 0 saturated carbocycles. The van der Waals surface area contributed by atoms with Crippen LogP contribution < -0.4 is 5.32 Å². The van der Waals surface area contributed by atoms with Crippen molar-refractivity contribution in [3.8, 4) is 0 Å². The van der Waals surface area contributed by atoms with Crippen LogP contribution in [-0.4, -0.2) is 30.0 Å². The van der Waals surface area contributed by atoms with Crippen LogP contribution in [0.2, 0.25) is 0 Å². The van der Waals surface area contributed by atoms with Crippen molar-refractivity contribution >= 4 is 15.9 Å². The molecule has 0 saturated heterocycles. The number of aromatic nitrogens is 2. The van der Waals surface area contributed by atoms with E-state index in [0.29, 0.717) is 0 Å². The molecule has 2 aromatic rings. The Morgan fingerprint density at radius 2 is 2.25 bits per heavy atom. The Balaban J connectivity index is 1.98. The summed E-state index contributed by atoms with van der Waals surface area (Å²) in [6.45, 7) is 5.31. The normalized spacial score (nSPS) is 10.9. The van der Waals surface area contributed by atoms with E-state index in [1.54, 1.807) is 7.11 Å². The Morgan fingerprint density at radius 1 is 1.40 bits per heavy atom. The third kappa shape index (κ3) is 4.16. The Hall–Kier alpha value is -1.17. The molecule has 1 heterocycles. The third-order valence-corrected chi connectivity index (χ3v) is 3.72. The minimum absolute atomic E-state index is 0.727. The highest BCUT2D eigenvalue weighted by atomic mass is 79.9. The van der Waals surface area contributed by atoms with Gasteiger partial charge in [-0.15, -0.1) is 0 Å². The summed E-state index contributed by atoms with van der Waals surface area (Å²) in [6, 6.07) is 8.32. The smallest absolute Gasteiger partial charge is 0.0662 e. The van der Waals surface area contributed by atoms with Gasteiger partial charge in [-0.05, 0) is 24.6 Å². The van der Waals surface area contributed by atoms with Gasteiger partial charge in [0.25, 0.3) is 0 Å². The summed E-state index contributed by atoms with van der Waals surface area (Å²) in [5, 5.41) is 7.81. The van der Waals surface area contributed by atoms with E-state index in [0.717, 1.165) is 30.7 Å². The first-order valence-corrected chi connectivity index (χ1v) is 7.45. The molecule has 0 atom stereocenters. The van der Waals surface area contributed by atoms with Crippen LogP contribution in [0.1, 0.15) is 16.8 Å². The lowest BCUT2D eigenvalue weighted by atomic mass is 10.2. The fourth-order valence-electron chi connectivity index (χ4n) is 2.02. The largest absolute Gasteiger partial charge is 0.383 e. The van der Waals surface area contributed by atoms with Gasteiger partial charge in [-0.25, -0.2) is 0 Å². The molecule has 1 N–H and O–H groups in total. The van der Waals surface area contributed by atoms with E-state index in [2.05, 4.69) is 45.4 Å². The molecule has 2 rings (SSSR count). The number of ether oxygens (including phenoxy) is 1. The zero-order valence-electron chi connectivity index (χ0n) is 11.9. The van der Waals surface area contributed by atoms with Crippen molar-refractivity contribution in [3.63, 3.8) is 0 Å². The van der Waals surface area contributed by atoms with Crippen LogP contribution >= 0.6 is 15.9 Å². The van der Waals surface area contributed by atoms with E-state index in [1.807, 2.05) is 23.0 Å². The predicted octanol–water partition coefficient (Wildman–Crippen LogP) is 2.74.